The van der Waals surface area contributed by atoms with E-state index in [1.165, 1.54) is 0 Å². The van der Waals surface area contributed by atoms with Crippen molar-refractivity contribution in [3.8, 4) is 0 Å². The number of Topliss-reactive ketones (excluding diaryl/α,β-unsaturated/α-hetero) is 2. The quantitative estimate of drug-likeness (QED) is 0.397. The highest BCUT2D eigenvalue weighted by molar-refractivity contribution is 6.13. The van der Waals surface area contributed by atoms with Crippen LogP contribution in [0.5, 0.6) is 0 Å². The second kappa shape index (κ2) is 2.60. The Bertz CT molecular complexity index is 171. The van der Waals surface area contributed by atoms with E-state index in [0.717, 1.165) is 0 Å². The Labute approximate surface area is 57.6 Å². The van der Waals surface area contributed by atoms with E-state index in [4.69, 9.17) is 0 Å². The van der Waals surface area contributed by atoms with Crippen molar-refractivity contribution >= 4 is 18.0 Å². The normalized spacial score (nSPS) is 19.6. The van der Waals surface area contributed by atoms with Crippen LogP contribution in [0.15, 0.2) is 0 Å². The number of carbonyl (C=O) groups is 3. The SMILES string of the molecule is O=CNC1C(=O)CCC1=O. The zero-order chi connectivity index (χ0) is 7.56. The van der Waals surface area contributed by atoms with Crippen LogP contribution in [0.1, 0.15) is 12.8 Å². The lowest BCUT2D eigenvalue weighted by atomic mass is 10.2. The van der Waals surface area contributed by atoms with Gasteiger partial charge in [-0.25, -0.2) is 0 Å². The number of ketones is 2. The van der Waals surface area contributed by atoms with Crippen LogP contribution in [-0.4, -0.2) is 24.0 Å². The molecule has 0 heterocycles. The summed E-state index contributed by atoms with van der Waals surface area (Å²) in [7, 11) is 0. The summed E-state index contributed by atoms with van der Waals surface area (Å²) in [5.41, 5.74) is 0. The molecule has 4 nitrogen and oxygen atoms in total. The van der Waals surface area contributed by atoms with Crippen LogP contribution in [-0.2, 0) is 14.4 Å². The Morgan fingerprint density at radius 3 is 2.20 bits per heavy atom. The largest absolute Gasteiger partial charge is 0.342 e. The van der Waals surface area contributed by atoms with Gasteiger partial charge in [0.1, 0.15) is 6.04 Å². The maximum Gasteiger partial charge on any atom is 0.208 e. The molecule has 0 aliphatic heterocycles. The molecule has 0 radical (unpaired) electrons. The minimum Gasteiger partial charge on any atom is -0.342 e. The van der Waals surface area contributed by atoms with E-state index in [1.807, 2.05) is 0 Å². The molecule has 0 saturated heterocycles. The third-order valence-electron chi connectivity index (χ3n) is 1.50. The molecule has 1 N–H and O–H groups in total. The van der Waals surface area contributed by atoms with Gasteiger partial charge in [-0.05, 0) is 0 Å². The fourth-order valence-electron chi connectivity index (χ4n) is 0.969. The first-order valence-corrected chi connectivity index (χ1v) is 3.01. The summed E-state index contributed by atoms with van der Waals surface area (Å²) in [6, 6.07) is -0.850. The maximum atomic E-state index is 10.7. The number of carbonyl (C=O) groups excluding carboxylic acids is 3. The standard InChI is InChI=1S/C6H7NO3/c8-3-7-6-4(9)1-2-5(6)10/h3,6H,1-2H2,(H,7,8). The van der Waals surface area contributed by atoms with Gasteiger partial charge in [0.2, 0.25) is 6.41 Å². The molecule has 1 fully saturated rings. The van der Waals surface area contributed by atoms with Crippen LogP contribution in [0.2, 0.25) is 0 Å². The van der Waals surface area contributed by atoms with Crippen molar-refractivity contribution in [2.24, 2.45) is 0 Å². The first kappa shape index (κ1) is 6.92. The minimum absolute atomic E-state index is 0.183. The molecule has 0 bridgehead atoms. The van der Waals surface area contributed by atoms with Crippen molar-refractivity contribution in [2.75, 3.05) is 0 Å². The Balaban J connectivity index is 2.62. The molecule has 1 rings (SSSR count). The summed E-state index contributed by atoms with van der Waals surface area (Å²) in [4.78, 5) is 31.3. The predicted octanol–water partition coefficient (Wildman–Crippen LogP) is -0.967. The number of hydrogen-bond donors (Lipinski definition) is 1. The van der Waals surface area contributed by atoms with E-state index < -0.39 is 6.04 Å². The van der Waals surface area contributed by atoms with Gasteiger partial charge in [-0.2, -0.15) is 0 Å². The number of nitrogens with one attached hydrogen (secondary N) is 1. The van der Waals surface area contributed by atoms with E-state index in [2.05, 4.69) is 5.32 Å². The second-order valence-corrected chi connectivity index (χ2v) is 2.15. The van der Waals surface area contributed by atoms with E-state index in [1.54, 1.807) is 0 Å². The Morgan fingerprint density at radius 1 is 1.30 bits per heavy atom. The zero-order valence-electron chi connectivity index (χ0n) is 5.29. The predicted molar refractivity (Wildman–Crippen MR) is 32.2 cm³/mol. The van der Waals surface area contributed by atoms with Crippen molar-refractivity contribution in [3.05, 3.63) is 0 Å². The molecule has 0 aromatic rings. The van der Waals surface area contributed by atoms with Gasteiger partial charge in [-0.3, -0.25) is 14.4 Å². The monoisotopic (exact) mass is 141 g/mol. The molecular weight excluding hydrogens is 134 g/mol. The van der Waals surface area contributed by atoms with E-state index in [-0.39, 0.29) is 24.4 Å². The van der Waals surface area contributed by atoms with Crippen molar-refractivity contribution in [1.82, 2.24) is 5.32 Å². The molecule has 1 saturated carbocycles. The van der Waals surface area contributed by atoms with E-state index in [9.17, 15) is 14.4 Å². The Hall–Kier alpha value is -1.19. The van der Waals surface area contributed by atoms with Gasteiger partial charge in [0, 0.05) is 12.8 Å². The summed E-state index contributed by atoms with van der Waals surface area (Å²) in [5.74, 6) is -0.366. The summed E-state index contributed by atoms with van der Waals surface area (Å²) in [5, 5.41) is 2.16. The van der Waals surface area contributed by atoms with Crippen LogP contribution in [0.3, 0.4) is 0 Å². The minimum atomic E-state index is -0.850. The molecule has 0 atom stereocenters. The van der Waals surface area contributed by atoms with Crippen molar-refractivity contribution in [2.45, 2.75) is 18.9 Å². The molecule has 1 amide bonds. The molecule has 4 heteroatoms. The molecule has 10 heavy (non-hydrogen) atoms. The van der Waals surface area contributed by atoms with Gasteiger partial charge < -0.3 is 5.32 Å². The summed E-state index contributed by atoms with van der Waals surface area (Å²) < 4.78 is 0. The van der Waals surface area contributed by atoms with Crippen LogP contribution >= 0.6 is 0 Å². The van der Waals surface area contributed by atoms with Gasteiger partial charge in [-0.15, -0.1) is 0 Å². The summed E-state index contributed by atoms with van der Waals surface area (Å²) in [6.45, 7) is 0. The summed E-state index contributed by atoms with van der Waals surface area (Å²) in [6.07, 6.45) is 0.917. The van der Waals surface area contributed by atoms with Crippen molar-refractivity contribution in [3.63, 3.8) is 0 Å². The van der Waals surface area contributed by atoms with Gasteiger partial charge in [0.25, 0.3) is 0 Å². The third-order valence-corrected chi connectivity index (χ3v) is 1.50. The average Bonchev–Trinajstić information content (AvgIpc) is 2.20. The van der Waals surface area contributed by atoms with Gasteiger partial charge in [0.15, 0.2) is 11.6 Å². The third kappa shape index (κ3) is 1.05. The maximum absolute atomic E-state index is 10.7. The van der Waals surface area contributed by atoms with E-state index in [0.29, 0.717) is 6.41 Å². The summed E-state index contributed by atoms with van der Waals surface area (Å²) >= 11 is 0. The molecule has 1 aliphatic rings. The lowest BCUT2D eigenvalue weighted by Crippen LogP contribution is -2.37. The highest BCUT2D eigenvalue weighted by Gasteiger charge is 2.31. The fraction of sp³-hybridized carbons (Fsp3) is 0.500. The van der Waals surface area contributed by atoms with Gasteiger partial charge in [-0.1, -0.05) is 0 Å². The lowest BCUT2D eigenvalue weighted by molar-refractivity contribution is -0.127. The topological polar surface area (TPSA) is 63.2 Å². The Morgan fingerprint density at radius 2 is 1.80 bits per heavy atom. The molecule has 0 unspecified atom stereocenters. The number of amides is 1. The molecule has 1 aliphatic carbocycles. The van der Waals surface area contributed by atoms with E-state index >= 15 is 0 Å². The number of rotatable bonds is 2. The van der Waals surface area contributed by atoms with Crippen LogP contribution in [0.4, 0.5) is 0 Å². The lowest BCUT2D eigenvalue weighted by Gasteiger charge is -2.01. The molecular formula is C6H7NO3. The van der Waals surface area contributed by atoms with Crippen LogP contribution < -0.4 is 5.32 Å². The molecule has 0 aromatic heterocycles. The highest BCUT2D eigenvalue weighted by atomic mass is 16.2. The zero-order valence-corrected chi connectivity index (χ0v) is 5.29. The first-order chi connectivity index (χ1) is 4.75. The Kier molecular flexibility index (Phi) is 1.80. The highest BCUT2D eigenvalue weighted by Crippen LogP contribution is 2.09. The van der Waals surface area contributed by atoms with Crippen molar-refractivity contribution < 1.29 is 14.4 Å². The average molecular weight is 141 g/mol. The molecule has 0 spiro atoms. The second-order valence-electron chi connectivity index (χ2n) is 2.15. The fourth-order valence-corrected chi connectivity index (χ4v) is 0.969. The number of hydrogen-bond acceptors (Lipinski definition) is 3. The van der Waals surface area contributed by atoms with Gasteiger partial charge >= 0.3 is 0 Å². The van der Waals surface area contributed by atoms with Crippen LogP contribution in [0, 0.1) is 0 Å². The molecule has 0 aromatic carbocycles. The van der Waals surface area contributed by atoms with Crippen LogP contribution in [0.25, 0.3) is 0 Å². The molecule has 54 valence electrons. The van der Waals surface area contributed by atoms with Gasteiger partial charge in [0.05, 0.1) is 0 Å². The smallest absolute Gasteiger partial charge is 0.208 e. The van der Waals surface area contributed by atoms with Crippen molar-refractivity contribution in [1.29, 1.82) is 0 Å². The first-order valence-electron chi connectivity index (χ1n) is 3.01.